The van der Waals surface area contributed by atoms with Gasteiger partial charge in [-0.25, -0.2) is 0 Å². The zero-order chi connectivity index (χ0) is 16.5. The van der Waals surface area contributed by atoms with E-state index in [1.165, 1.54) is 17.7 Å². The summed E-state index contributed by atoms with van der Waals surface area (Å²) >= 11 is 7.72. The van der Waals surface area contributed by atoms with Crippen molar-refractivity contribution in [3.05, 3.63) is 51.4 Å². The van der Waals surface area contributed by atoms with Crippen molar-refractivity contribution in [2.24, 2.45) is 5.92 Å². The fourth-order valence-corrected chi connectivity index (χ4v) is 4.96. The highest BCUT2D eigenvalue weighted by molar-refractivity contribution is 7.16. The number of thiophene rings is 1. The minimum Gasteiger partial charge on any atom is -0.337 e. The number of aromatic nitrogens is 1. The third kappa shape index (κ3) is 3.34. The van der Waals surface area contributed by atoms with Crippen LogP contribution in [0.5, 0.6) is 0 Å². The van der Waals surface area contributed by atoms with Gasteiger partial charge in [0, 0.05) is 49.5 Å². The SMILES string of the molecule is O=C(c1cccnc1)N1CC2CCC(C1)N(Cc1ccc(Cl)s1)C2. The first-order valence-electron chi connectivity index (χ1n) is 8.36. The summed E-state index contributed by atoms with van der Waals surface area (Å²) in [6, 6.07) is 8.20. The molecule has 3 fully saturated rings. The number of piperidine rings is 1. The molecule has 4 nitrogen and oxygen atoms in total. The number of fused-ring (bicyclic) bond motifs is 4. The van der Waals surface area contributed by atoms with E-state index in [1.807, 2.05) is 23.1 Å². The van der Waals surface area contributed by atoms with Crippen molar-refractivity contribution in [3.63, 3.8) is 0 Å². The van der Waals surface area contributed by atoms with Crippen LogP contribution in [0.2, 0.25) is 4.34 Å². The minimum atomic E-state index is 0.112. The first kappa shape index (κ1) is 16.1. The van der Waals surface area contributed by atoms with E-state index >= 15 is 0 Å². The number of halogens is 1. The van der Waals surface area contributed by atoms with Crippen LogP contribution in [-0.2, 0) is 6.54 Å². The summed E-state index contributed by atoms with van der Waals surface area (Å²) in [5.41, 5.74) is 0.690. The van der Waals surface area contributed by atoms with Crippen molar-refractivity contribution in [1.29, 1.82) is 0 Å². The first-order chi connectivity index (χ1) is 11.7. The zero-order valence-electron chi connectivity index (χ0n) is 13.4. The van der Waals surface area contributed by atoms with Crippen LogP contribution in [0.3, 0.4) is 0 Å². The molecular formula is C18H20ClN3OS. The van der Waals surface area contributed by atoms with Gasteiger partial charge in [0.15, 0.2) is 0 Å². The summed E-state index contributed by atoms with van der Waals surface area (Å²) in [6.07, 6.45) is 5.75. The Kier molecular flexibility index (Phi) is 4.57. The lowest BCUT2D eigenvalue weighted by Gasteiger charge is -2.35. The Morgan fingerprint density at radius 1 is 1.25 bits per heavy atom. The average Bonchev–Trinajstić information content (AvgIpc) is 2.82. The maximum Gasteiger partial charge on any atom is 0.255 e. The van der Waals surface area contributed by atoms with Gasteiger partial charge in [0.25, 0.3) is 5.91 Å². The molecule has 3 saturated heterocycles. The number of carbonyl (C=O) groups is 1. The molecule has 3 aliphatic heterocycles. The van der Waals surface area contributed by atoms with Crippen molar-refractivity contribution in [2.75, 3.05) is 19.6 Å². The summed E-state index contributed by atoms with van der Waals surface area (Å²) in [6.45, 7) is 3.67. The zero-order valence-corrected chi connectivity index (χ0v) is 15.0. The Bertz CT molecular complexity index is 720. The third-order valence-corrected chi connectivity index (χ3v) is 6.23. The molecule has 5 rings (SSSR count). The van der Waals surface area contributed by atoms with E-state index in [1.54, 1.807) is 23.7 Å². The monoisotopic (exact) mass is 361 g/mol. The molecule has 1 amide bonds. The highest BCUT2D eigenvalue weighted by Crippen LogP contribution is 2.31. The largest absolute Gasteiger partial charge is 0.337 e. The van der Waals surface area contributed by atoms with Gasteiger partial charge in [-0.05, 0) is 43.0 Å². The van der Waals surface area contributed by atoms with Gasteiger partial charge in [-0.2, -0.15) is 0 Å². The van der Waals surface area contributed by atoms with Gasteiger partial charge < -0.3 is 4.90 Å². The number of nitrogens with zero attached hydrogens (tertiary/aromatic N) is 3. The van der Waals surface area contributed by atoms with E-state index in [4.69, 9.17) is 11.6 Å². The van der Waals surface area contributed by atoms with Crippen molar-refractivity contribution in [3.8, 4) is 0 Å². The molecule has 3 aliphatic rings. The third-order valence-electron chi connectivity index (χ3n) is 5.01. The molecule has 2 aromatic rings. The van der Waals surface area contributed by atoms with Crippen LogP contribution in [-0.4, -0.2) is 46.4 Å². The van der Waals surface area contributed by atoms with Gasteiger partial charge in [0.1, 0.15) is 0 Å². The van der Waals surface area contributed by atoms with E-state index in [0.717, 1.165) is 30.5 Å². The Hall–Kier alpha value is -1.43. The molecule has 126 valence electrons. The van der Waals surface area contributed by atoms with Crippen LogP contribution in [0.15, 0.2) is 36.7 Å². The lowest BCUT2D eigenvalue weighted by molar-refractivity contribution is 0.0736. The van der Waals surface area contributed by atoms with Crippen LogP contribution < -0.4 is 0 Å². The molecule has 0 spiro atoms. The van der Waals surface area contributed by atoms with E-state index in [2.05, 4.69) is 16.0 Å². The Balaban J connectivity index is 1.49. The highest BCUT2D eigenvalue weighted by atomic mass is 35.5. The fraction of sp³-hybridized carbons (Fsp3) is 0.444. The Morgan fingerprint density at radius 3 is 2.92 bits per heavy atom. The van der Waals surface area contributed by atoms with Gasteiger partial charge in [0.2, 0.25) is 0 Å². The molecule has 5 heterocycles. The Labute approximate surface area is 151 Å². The quantitative estimate of drug-likeness (QED) is 0.839. The average molecular weight is 362 g/mol. The molecule has 2 unspecified atom stereocenters. The molecule has 2 atom stereocenters. The van der Waals surface area contributed by atoms with Gasteiger partial charge >= 0.3 is 0 Å². The van der Waals surface area contributed by atoms with Crippen molar-refractivity contribution in [2.45, 2.75) is 25.4 Å². The smallest absolute Gasteiger partial charge is 0.255 e. The summed E-state index contributed by atoms with van der Waals surface area (Å²) in [4.78, 5) is 22.7. The normalized spacial score (nSPS) is 24.1. The van der Waals surface area contributed by atoms with Crippen LogP contribution >= 0.6 is 22.9 Å². The van der Waals surface area contributed by atoms with E-state index in [9.17, 15) is 4.79 Å². The standard InChI is InChI=1S/C18H20ClN3OS/c19-17-6-5-16(24-17)12-21-9-13-3-4-15(21)11-22(10-13)18(23)14-2-1-7-20-8-14/h1-2,5-8,13,15H,3-4,9-12H2. The van der Waals surface area contributed by atoms with E-state index in [-0.39, 0.29) is 5.91 Å². The minimum absolute atomic E-state index is 0.112. The van der Waals surface area contributed by atoms with Gasteiger partial charge in [-0.1, -0.05) is 11.6 Å². The maximum absolute atomic E-state index is 12.8. The number of pyridine rings is 1. The van der Waals surface area contributed by atoms with Crippen LogP contribution in [0, 0.1) is 5.92 Å². The second-order valence-electron chi connectivity index (χ2n) is 6.68. The predicted molar refractivity (Wildman–Crippen MR) is 96.4 cm³/mol. The van der Waals surface area contributed by atoms with Crippen LogP contribution in [0.25, 0.3) is 0 Å². The second-order valence-corrected chi connectivity index (χ2v) is 8.48. The van der Waals surface area contributed by atoms with Crippen molar-refractivity contribution in [1.82, 2.24) is 14.8 Å². The molecule has 0 N–H and O–H groups in total. The molecule has 0 radical (unpaired) electrons. The summed E-state index contributed by atoms with van der Waals surface area (Å²) in [7, 11) is 0. The number of rotatable bonds is 3. The number of amides is 1. The van der Waals surface area contributed by atoms with Gasteiger partial charge in [-0.15, -0.1) is 11.3 Å². The predicted octanol–water partition coefficient (Wildman–Crippen LogP) is 3.53. The maximum atomic E-state index is 12.8. The molecule has 0 aliphatic carbocycles. The number of carbonyl (C=O) groups excluding carboxylic acids is 1. The highest BCUT2D eigenvalue weighted by Gasteiger charge is 2.36. The first-order valence-corrected chi connectivity index (χ1v) is 9.56. The molecule has 2 bridgehead atoms. The van der Waals surface area contributed by atoms with Crippen molar-refractivity contribution < 1.29 is 4.79 Å². The number of hydrogen-bond donors (Lipinski definition) is 0. The van der Waals surface area contributed by atoms with Gasteiger partial charge in [0.05, 0.1) is 9.90 Å². The second kappa shape index (κ2) is 6.82. The topological polar surface area (TPSA) is 36.4 Å². The lowest BCUT2D eigenvalue weighted by atomic mass is 9.95. The Morgan fingerprint density at radius 2 is 2.17 bits per heavy atom. The van der Waals surface area contributed by atoms with E-state index in [0.29, 0.717) is 17.5 Å². The van der Waals surface area contributed by atoms with Gasteiger partial charge in [-0.3, -0.25) is 14.7 Å². The fourth-order valence-electron chi connectivity index (χ4n) is 3.85. The summed E-state index contributed by atoms with van der Waals surface area (Å²) in [5, 5.41) is 0. The lowest BCUT2D eigenvalue weighted by Crippen LogP contribution is -2.43. The summed E-state index contributed by atoms with van der Waals surface area (Å²) in [5.74, 6) is 0.667. The molecule has 2 aromatic heterocycles. The molecule has 0 saturated carbocycles. The van der Waals surface area contributed by atoms with Crippen LogP contribution in [0.1, 0.15) is 28.1 Å². The molecular weight excluding hydrogens is 342 g/mol. The molecule has 0 aromatic carbocycles. The van der Waals surface area contributed by atoms with Crippen molar-refractivity contribution >= 4 is 28.8 Å². The summed E-state index contributed by atoms with van der Waals surface area (Å²) < 4.78 is 0.846. The molecule has 6 heteroatoms. The van der Waals surface area contributed by atoms with E-state index < -0.39 is 0 Å². The molecule has 24 heavy (non-hydrogen) atoms. The van der Waals surface area contributed by atoms with Crippen LogP contribution in [0.4, 0.5) is 0 Å². The number of hydrogen-bond acceptors (Lipinski definition) is 4.